The smallest absolute Gasteiger partial charge is 0.237 e. The lowest BCUT2D eigenvalue weighted by molar-refractivity contribution is -0.127. The van der Waals surface area contributed by atoms with E-state index in [1.165, 1.54) is 0 Å². The third-order valence-electron chi connectivity index (χ3n) is 4.47. The quantitative estimate of drug-likeness (QED) is 0.713. The first-order valence-corrected chi connectivity index (χ1v) is 8.05. The molecular formula is C15H29N3O3. The van der Waals surface area contributed by atoms with E-state index in [9.17, 15) is 4.79 Å². The van der Waals surface area contributed by atoms with Crippen LogP contribution in [0.1, 0.15) is 19.8 Å². The maximum absolute atomic E-state index is 12.2. The summed E-state index contributed by atoms with van der Waals surface area (Å²) in [6.07, 6.45) is 2.39. The second kappa shape index (κ2) is 8.68. The highest BCUT2D eigenvalue weighted by Crippen LogP contribution is 2.11. The fraction of sp³-hybridized carbons (Fsp3) is 0.933. The second-order valence-corrected chi connectivity index (χ2v) is 5.93. The standard InChI is InChI=1S/C15H29N3O3/c1-13(15(19)16-12-14-4-3-10-21-14)18-7-5-17(6-8-18)9-11-20-2/h13-14H,3-12H2,1-2H3,(H,16,19)/t13-,14+/m1/s1. The lowest BCUT2D eigenvalue weighted by Crippen LogP contribution is -2.54. The molecule has 6 nitrogen and oxygen atoms in total. The zero-order valence-corrected chi connectivity index (χ0v) is 13.3. The van der Waals surface area contributed by atoms with Crippen LogP contribution in [0.3, 0.4) is 0 Å². The Labute approximate surface area is 127 Å². The molecular weight excluding hydrogens is 270 g/mol. The summed E-state index contributed by atoms with van der Waals surface area (Å²) in [5.41, 5.74) is 0. The number of piperazine rings is 1. The molecule has 0 unspecified atom stereocenters. The van der Waals surface area contributed by atoms with Gasteiger partial charge >= 0.3 is 0 Å². The molecule has 2 aliphatic rings. The summed E-state index contributed by atoms with van der Waals surface area (Å²) in [7, 11) is 1.73. The van der Waals surface area contributed by atoms with E-state index in [2.05, 4.69) is 15.1 Å². The summed E-state index contributed by atoms with van der Waals surface area (Å²) in [5.74, 6) is 0.121. The molecule has 0 aromatic carbocycles. The molecule has 1 amide bonds. The fourth-order valence-corrected chi connectivity index (χ4v) is 2.93. The average molecular weight is 299 g/mol. The van der Waals surface area contributed by atoms with Crippen molar-refractivity contribution < 1.29 is 14.3 Å². The van der Waals surface area contributed by atoms with E-state index >= 15 is 0 Å². The number of carbonyl (C=O) groups excluding carboxylic acids is 1. The minimum Gasteiger partial charge on any atom is -0.383 e. The molecule has 2 aliphatic heterocycles. The van der Waals surface area contributed by atoms with Crippen molar-refractivity contribution in [3.8, 4) is 0 Å². The van der Waals surface area contributed by atoms with Crippen LogP contribution in [0, 0.1) is 0 Å². The molecule has 2 fully saturated rings. The molecule has 0 aromatic heterocycles. The Kier molecular flexibility index (Phi) is 6.89. The number of nitrogens with zero attached hydrogens (tertiary/aromatic N) is 2. The predicted octanol–water partition coefficient (Wildman–Crippen LogP) is -0.0659. The number of carbonyl (C=O) groups is 1. The minimum atomic E-state index is -0.0593. The van der Waals surface area contributed by atoms with E-state index in [0.717, 1.165) is 58.8 Å². The maximum atomic E-state index is 12.2. The van der Waals surface area contributed by atoms with Gasteiger partial charge in [-0.05, 0) is 19.8 Å². The number of hydrogen-bond donors (Lipinski definition) is 1. The van der Waals surface area contributed by atoms with E-state index in [1.807, 2.05) is 6.92 Å². The van der Waals surface area contributed by atoms with Gasteiger partial charge in [-0.25, -0.2) is 0 Å². The van der Waals surface area contributed by atoms with Crippen LogP contribution >= 0.6 is 0 Å². The van der Waals surface area contributed by atoms with Gasteiger partial charge in [0, 0.05) is 53.0 Å². The molecule has 2 saturated heterocycles. The number of nitrogens with one attached hydrogen (secondary N) is 1. The first kappa shape index (κ1) is 16.7. The van der Waals surface area contributed by atoms with E-state index in [-0.39, 0.29) is 18.1 Å². The molecule has 122 valence electrons. The number of amides is 1. The van der Waals surface area contributed by atoms with Crippen LogP contribution in [0.4, 0.5) is 0 Å². The highest BCUT2D eigenvalue weighted by Gasteiger charge is 2.26. The Morgan fingerprint density at radius 1 is 1.38 bits per heavy atom. The van der Waals surface area contributed by atoms with Crippen LogP contribution in [-0.4, -0.2) is 87.4 Å². The predicted molar refractivity (Wildman–Crippen MR) is 81.3 cm³/mol. The van der Waals surface area contributed by atoms with Gasteiger partial charge < -0.3 is 14.8 Å². The normalized spacial score (nSPS) is 25.9. The van der Waals surface area contributed by atoms with Crippen molar-refractivity contribution in [1.29, 1.82) is 0 Å². The van der Waals surface area contributed by atoms with Crippen molar-refractivity contribution >= 4 is 5.91 Å². The van der Waals surface area contributed by atoms with Crippen LogP contribution < -0.4 is 5.32 Å². The van der Waals surface area contributed by atoms with Crippen LogP contribution in [0.15, 0.2) is 0 Å². The Morgan fingerprint density at radius 2 is 2.14 bits per heavy atom. The van der Waals surface area contributed by atoms with Crippen LogP contribution in [0.25, 0.3) is 0 Å². The second-order valence-electron chi connectivity index (χ2n) is 5.93. The molecule has 0 saturated carbocycles. The number of rotatable bonds is 7. The van der Waals surface area contributed by atoms with Crippen molar-refractivity contribution in [3.63, 3.8) is 0 Å². The zero-order chi connectivity index (χ0) is 15.1. The van der Waals surface area contributed by atoms with Gasteiger partial charge in [-0.3, -0.25) is 14.6 Å². The SMILES string of the molecule is COCCN1CCN([C@H](C)C(=O)NC[C@@H]2CCCO2)CC1. The van der Waals surface area contributed by atoms with Crippen molar-refractivity contribution in [2.75, 3.05) is 59.6 Å². The summed E-state index contributed by atoms with van der Waals surface area (Å²) in [6.45, 7) is 9.13. The highest BCUT2D eigenvalue weighted by molar-refractivity contribution is 5.81. The third-order valence-corrected chi connectivity index (χ3v) is 4.47. The summed E-state index contributed by atoms with van der Waals surface area (Å²) < 4.78 is 10.6. The van der Waals surface area contributed by atoms with Gasteiger partial charge in [0.25, 0.3) is 0 Å². The Hall–Kier alpha value is -0.690. The molecule has 1 N–H and O–H groups in total. The lowest BCUT2D eigenvalue weighted by Gasteiger charge is -2.37. The minimum absolute atomic E-state index is 0.0593. The van der Waals surface area contributed by atoms with Gasteiger partial charge in [0.15, 0.2) is 0 Å². The molecule has 2 heterocycles. The molecule has 0 radical (unpaired) electrons. The highest BCUT2D eigenvalue weighted by atomic mass is 16.5. The van der Waals surface area contributed by atoms with E-state index in [4.69, 9.17) is 9.47 Å². The average Bonchev–Trinajstić information content (AvgIpc) is 3.04. The number of hydrogen-bond acceptors (Lipinski definition) is 5. The summed E-state index contributed by atoms with van der Waals surface area (Å²) >= 11 is 0. The zero-order valence-electron chi connectivity index (χ0n) is 13.3. The lowest BCUT2D eigenvalue weighted by atomic mass is 10.2. The van der Waals surface area contributed by atoms with E-state index in [0.29, 0.717) is 6.54 Å². The van der Waals surface area contributed by atoms with Gasteiger partial charge in [-0.15, -0.1) is 0 Å². The monoisotopic (exact) mass is 299 g/mol. The van der Waals surface area contributed by atoms with Gasteiger partial charge in [0.05, 0.1) is 18.8 Å². The van der Waals surface area contributed by atoms with Crippen molar-refractivity contribution in [3.05, 3.63) is 0 Å². The largest absolute Gasteiger partial charge is 0.383 e. The first-order valence-electron chi connectivity index (χ1n) is 8.05. The molecule has 6 heteroatoms. The van der Waals surface area contributed by atoms with E-state index < -0.39 is 0 Å². The molecule has 0 spiro atoms. The van der Waals surface area contributed by atoms with Gasteiger partial charge in [0.1, 0.15) is 0 Å². The van der Waals surface area contributed by atoms with Crippen LogP contribution in [-0.2, 0) is 14.3 Å². The number of ether oxygens (including phenoxy) is 2. The molecule has 2 rings (SSSR count). The number of methoxy groups -OCH3 is 1. The van der Waals surface area contributed by atoms with Crippen molar-refractivity contribution in [2.24, 2.45) is 0 Å². The Bertz CT molecular complexity index is 313. The summed E-state index contributed by atoms with van der Waals surface area (Å²) in [4.78, 5) is 16.9. The van der Waals surface area contributed by atoms with Gasteiger partial charge in [-0.2, -0.15) is 0 Å². The van der Waals surface area contributed by atoms with Crippen molar-refractivity contribution in [2.45, 2.75) is 31.9 Å². The Morgan fingerprint density at radius 3 is 2.76 bits per heavy atom. The first-order chi connectivity index (χ1) is 10.2. The molecule has 0 bridgehead atoms. The van der Waals surface area contributed by atoms with Gasteiger partial charge in [0.2, 0.25) is 5.91 Å². The van der Waals surface area contributed by atoms with Gasteiger partial charge in [-0.1, -0.05) is 0 Å². The van der Waals surface area contributed by atoms with E-state index in [1.54, 1.807) is 7.11 Å². The maximum Gasteiger partial charge on any atom is 0.237 e. The molecule has 2 atom stereocenters. The third kappa shape index (κ3) is 5.21. The fourth-order valence-electron chi connectivity index (χ4n) is 2.93. The summed E-state index contributed by atoms with van der Waals surface area (Å²) in [6, 6.07) is -0.0593. The molecule has 0 aliphatic carbocycles. The topological polar surface area (TPSA) is 54.0 Å². The summed E-state index contributed by atoms with van der Waals surface area (Å²) in [5, 5.41) is 3.03. The van der Waals surface area contributed by atoms with Crippen LogP contribution in [0.5, 0.6) is 0 Å². The van der Waals surface area contributed by atoms with Crippen molar-refractivity contribution in [1.82, 2.24) is 15.1 Å². The van der Waals surface area contributed by atoms with Crippen LogP contribution in [0.2, 0.25) is 0 Å². The molecule has 21 heavy (non-hydrogen) atoms. The Balaban J connectivity index is 1.65. The molecule has 0 aromatic rings.